The van der Waals surface area contributed by atoms with E-state index in [2.05, 4.69) is 25.2 Å². The molecule has 0 heterocycles. The minimum Gasteiger partial charge on any atom is -0.220 e. The second kappa shape index (κ2) is 5.39. The molecule has 0 radical (unpaired) electrons. The van der Waals surface area contributed by atoms with E-state index in [1.54, 1.807) is 12.1 Å². The Bertz CT molecular complexity index is 442. The average Bonchev–Trinajstić information content (AvgIpc) is 2.24. The zero-order chi connectivity index (χ0) is 14.0. The van der Waals surface area contributed by atoms with Crippen molar-refractivity contribution in [2.45, 2.75) is 45.3 Å². The Kier molecular flexibility index (Phi) is 4.54. The van der Waals surface area contributed by atoms with Gasteiger partial charge in [-0.05, 0) is 51.3 Å². The van der Waals surface area contributed by atoms with Crippen molar-refractivity contribution in [2.75, 3.05) is 0 Å². The van der Waals surface area contributed by atoms with E-state index >= 15 is 0 Å². The highest BCUT2D eigenvalue weighted by molar-refractivity contribution is 7.99. The van der Waals surface area contributed by atoms with Crippen molar-refractivity contribution in [3.05, 3.63) is 35.4 Å². The topological polar surface area (TPSA) is 12.4 Å². The zero-order valence-corrected chi connectivity index (χ0v) is 12.2. The van der Waals surface area contributed by atoms with Crippen molar-refractivity contribution in [2.24, 2.45) is 4.40 Å². The highest BCUT2D eigenvalue weighted by Crippen LogP contribution is 2.28. The largest absolute Gasteiger partial charge is 0.270 e. The molecule has 0 bridgehead atoms. The Balaban J connectivity index is 2.97. The number of alkyl halides is 2. The molecule has 1 nitrogen and oxygen atoms in total. The molecule has 0 amide bonds. The van der Waals surface area contributed by atoms with E-state index in [9.17, 15) is 8.78 Å². The summed E-state index contributed by atoms with van der Waals surface area (Å²) in [6.45, 7) is 8.93. The number of benzene rings is 1. The molecule has 1 aromatic carbocycles. The van der Waals surface area contributed by atoms with Crippen molar-refractivity contribution >= 4 is 17.7 Å². The third-order valence-electron chi connectivity index (χ3n) is 2.24. The molecule has 1 aromatic rings. The predicted molar refractivity (Wildman–Crippen MR) is 75.6 cm³/mol. The van der Waals surface area contributed by atoms with Crippen molar-refractivity contribution in [3.8, 4) is 0 Å². The summed E-state index contributed by atoms with van der Waals surface area (Å²) in [7, 11) is 0. The Morgan fingerprint density at radius 1 is 1.17 bits per heavy atom. The molecule has 0 fully saturated rings. The predicted octanol–water partition coefficient (Wildman–Crippen LogP) is 5.05. The van der Waals surface area contributed by atoms with E-state index in [0.29, 0.717) is 0 Å². The molecule has 0 N–H and O–H groups in total. The fraction of sp³-hybridized carbons (Fsp3) is 0.500. The van der Waals surface area contributed by atoms with Gasteiger partial charge in [0.1, 0.15) is 0 Å². The van der Waals surface area contributed by atoms with Gasteiger partial charge in [-0.15, -0.1) is 0 Å². The molecular formula is C14H19F2NS. The Morgan fingerprint density at radius 3 is 2.28 bits per heavy atom. The molecule has 0 saturated heterocycles. The van der Waals surface area contributed by atoms with Gasteiger partial charge in [0, 0.05) is 17.2 Å². The summed E-state index contributed by atoms with van der Waals surface area (Å²) in [4.78, 5) is 0. The molecule has 0 aromatic heterocycles. The second-order valence-electron chi connectivity index (χ2n) is 5.35. The van der Waals surface area contributed by atoms with E-state index in [0.717, 1.165) is 18.2 Å². The average molecular weight is 271 g/mol. The Morgan fingerprint density at radius 2 is 1.78 bits per heavy atom. The van der Waals surface area contributed by atoms with Gasteiger partial charge in [0.2, 0.25) is 0 Å². The van der Waals surface area contributed by atoms with Crippen LogP contribution in [0.4, 0.5) is 8.78 Å². The summed E-state index contributed by atoms with van der Waals surface area (Å²) in [6, 6.07) is 6.38. The normalized spacial score (nSPS) is 13.8. The lowest BCUT2D eigenvalue weighted by molar-refractivity contribution is 0.0174. The van der Waals surface area contributed by atoms with E-state index in [1.807, 2.05) is 6.92 Å². The Hall–Kier alpha value is -0.900. The summed E-state index contributed by atoms with van der Waals surface area (Å²) in [5.41, 5.74) is 1.53. The molecule has 18 heavy (non-hydrogen) atoms. The first-order valence-electron chi connectivity index (χ1n) is 5.81. The first kappa shape index (κ1) is 15.2. The van der Waals surface area contributed by atoms with Gasteiger partial charge in [0.05, 0.1) is 5.71 Å². The lowest BCUT2D eigenvalue weighted by Gasteiger charge is -2.15. The smallest absolute Gasteiger partial charge is 0.220 e. The van der Waals surface area contributed by atoms with Crippen molar-refractivity contribution < 1.29 is 8.78 Å². The summed E-state index contributed by atoms with van der Waals surface area (Å²) in [6.07, 6.45) is 0. The summed E-state index contributed by atoms with van der Waals surface area (Å²) >= 11 is 1.45. The number of halogens is 2. The molecular weight excluding hydrogens is 252 g/mol. The van der Waals surface area contributed by atoms with Crippen molar-refractivity contribution in [3.63, 3.8) is 0 Å². The minimum atomic E-state index is -2.81. The molecule has 0 unspecified atom stereocenters. The maximum atomic E-state index is 13.2. The zero-order valence-electron chi connectivity index (χ0n) is 11.4. The van der Waals surface area contributed by atoms with Gasteiger partial charge in [-0.25, -0.2) is 13.2 Å². The summed E-state index contributed by atoms with van der Waals surface area (Å²) in [5, 5.41) is 0. The SMILES string of the molecule is CC(=NSC(C)(C)C)c1cccc(C(C)(F)F)c1. The first-order valence-corrected chi connectivity index (χ1v) is 6.58. The van der Waals surface area contributed by atoms with Gasteiger partial charge in [0.15, 0.2) is 0 Å². The summed E-state index contributed by atoms with van der Waals surface area (Å²) in [5.74, 6) is -2.81. The third-order valence-corrected chi connectivity index (χ3v) is 3.16. The maximum Gasteiger partial charge on any atom is 0.270 e. The van der Waals surface area contributed by atoms with Gasteiger partial charge >= 0.3 is 0 Å². The lowest BCUT2D eigenvalue weighted by atomic mass is 10.0. The van der Waals surface area contributed by atoms with Crippen molar-refractivity contribution in [1.82, 2.24) is 0 Å². The molecule has 1 rings (SSSR count). The molecule has 0 aliphatic heterocycles. The van der Waals surface area contributed by atoms with Crippen LogP contribution in [0.15, 0.2) is 28.7 Å². The van der Waals surface area contributed by atoms with Gasteiger partial charge < -0.3 is 0 Å². The van der Waals surface area contributed by atoms with Crippen LogP contribution in [0.5, 0.6) is 0 Å². The van der Waals surface area contributed by atoms with Crippen LogP contribution in [0, 0.1) is 0 Å². The second-order valence-corrected chi connectivity index (χ2v) is 6.94. The van der Waals surface area contributed by atoms with Crippen LogP contribution in [0.3, 0.4) is 0 Å². The first-order chi connectivity index (χ1) is 8.09. The fourth-order valence-electron chi connectivity index (χ4n) is 1.28. The highest BCUT2D eigenvalue weighted by Gasteiger charge is 2.24. The van der Waals surface area contributed by atoms with Gasteiger partial charge in [-0.1, -0.05) is 18.2 Å². The number of nitrogens with zero attached hydrogens (tertiary/aromatic N) is 1. The number of hydrogen-bond acceptors (Lipinski definition) is 2. The molecule has 100 valence electrons. The minimum absolute atomic E-state index is 0.0214. The van der Waals surface area contributed by atoms with Gasteiger partial charge in [-0.2, -0.15) is 0 Å². The molecule has 0 aliphatic carbocycles. The van der Waals surface area contributed by atoms with Crippen LogP contribution in [0.1, 0.15) is 45.7 Å². The van der Waals surface area contributed by atoms with Gasteiger partial charge in [-0.3, -0.25) is 0 Å². The summed E-state index contributed by atoms with van der Waals surface area (Å²) < 4.78 is 30.9. The molecule has 0 aliphatic rings. The van der Waals surface area contributed by atoms with Crippen LogP contribution in [0.2, 0.25) is 0 Å². The number of hydrogen-bond donors (Lipinski definition) is 0. The standard InChI is InChI=1S/C14H19F2NS/c1-10(17-18-13(2,3)4)11-7-6-8-12(9-11)14(5,15)16/h6-9H,1-5H3. The molecule has 0 atom stereocenters. The molecule has 0 saturated carbocycles. The highest BCUT2D eigenvalue weighted by atomic mass is 32.2. The Labute approximate surface area is 112 Å². The van der Waals surface area contributed by atoms with Crippen LogP contribution in [-0.4, -0.2) is 10.5 Å². The lowest BCUT2D eigenvalue weighted by Crippen LogP contribution is -2.09. The van der Waals surface area contributed by atoms with Crippen LogP contribution in [-0.2, 0) is 5.92 Å². The van der Waals surface area contributed by atoms with E-state index in [-0.39, 0.29) is 10.3 Å². The fourth-order valence-corrected chi connectivity index (χ4v) is 1.79. The monoisotopic (exact) mass is 271 g/mol. The van der Waals surface area contributed by atoms with Crippen molar-refractivity contribution in [1.29, 1.82) is 0 Å². The maximum absolute atomic E-state index is 13.2. The quantitative estimate of drug-likeness (QED) is 0.553. The van der Waals surface area contributed by atoms with E-state index in [4.69, 9.17) is 0 Å². The molecule has 4 heteroatoms. The number of rotatable bonds is 3. The van der Waals surface area contributed by atoms with Crippen LogP contribution in [0.25, 0.3) is 0 Å². The van der Waals surface area contributed by atoms with E-state index < -0.39 is 5.92 Å². The van der Waals surface area contributed by atoms with Crippen LogP contribution < -0.4 is 0 Å². The molecule has 0 spiro atoms. The van der Waals surface area contributed by atoms with Crippen LogP contribution >= 0.6 is 11.9 Å². The van der Waals surface area contributed by atoms with E-state index in [1.165, 1.54) is 24.1 Å². The third kappa shape index (κ3) is 4.77. The van der Waals surface area contributed by atoms with Gasteiger partial charge in [0.25, 0.3) is 5.92 Å².